The Morgan fingerprint density at radius 2 is 1.91 bits per heavy atom. The van der Waals surface area contributed by atoms with Gasteiger partial charge in [-0.05, 0) is 31.2 Å². The van der Waals surface area contributed by atoms with Gasteiger partial charge in [0.05, 0.1) is 10.0 Å². The molecule has 0 fully saturated rings. The third-order valence-corrected chi connectivity index (χ3v) is 3.59. The summed E-state index contributed by atoms with van der Waals surface area (Å²) in [5, 5.41) is 3.18. The van der Waals surface area contributed by atoms with E-state index in [1.165, 1.54) is 31.3 Å². The molecule has 1 aromatic carbocycles. The Balaban J connectivity index is 1.89. The standard InChI is InChI=1S/C15H12Cl2N2O4/c1-8(20)9-4-13(18-6-9)15(22)23-7-14(21)19-10-2-3-11(16)12(17)5-10/h2-6,18H,7H2,1H3,(H,19,21). The largest absolute Gasteiger partial charge is 0.451 e. The number of aromatic amines is 1. The van der Waals surface area contributed by atoms with E-state index >= 15 is 0 Å². The zero-order chi connectivity index (χ0) is 17.0. The average Bonchev–Trinajstić information content (AvgIpc) is 2.99. The van der Waals surface area contributed by atoms with Crippen LogP contribution in [0, 0.1) is 0 Å². The van der Waals surface area contributed by atoms with Crippen LogP contribution in [0.2, 0.25) is 10.0 Å². The second-order valence-corrected chi connectivity index (χ2v) is 5.43. The van der Waals surface area contributed by atoms with Crippen LogP contribution in [0.25, 0.3) is 0 Å². The maximum absolute atomic E-state index is 11.8. The second-order valence-electron chi connectivity index (χ2n) is 4.61. The Labute approximate surface area is 141 Å². The lowest BCUT2D eigenvalue weighted by molar-refractivity contribution is -0.119. The fourth-order valence-electron chi connectivity index (χ4n) is 1.70. The number of ketones is 1. The van der Waals surface area contributed by atoms with Crippen LogP contribution < -0.4 is 5.32 Å². The summed E-state index contributed by atoms with van der Waals surface area (Å²) < 4.78 is 4.86. The Bertz CT molecular complexity index is 771. The number of anilines is 1. The Morgan fingerprint density at radius 3 is 2.52 bits per heavy atom. The van der Waals surface area contributed by atoms with Crippen molar-refractivity contribution in [1.29, 1.82) is 0 Å². The average molecular weight is 355 g/mol. The molecule has 6 nitrogen and oxygen atoms in total. The van der Waals surface area contributed by atoms with Gasteiger partial charge in [0.15, 0.2) is 12.4 Å². The van der Waals surface area contributed by atoms with Gasteiger partial charge in [-0.2, -0.15) is 0 Å². The maximum Gasteiger partial charge on any atom is 0.355 e. The molecule has 0 aliphatic carbocycles. The van der Waals surface area contributed by atoms with Gasteiger partial charge in [-0.15, -0.1) is 0 Å². The lowest BCUT2D eigenvalue weighted by Gasteiger charge is -2.07. The fourth-order valence-corrected chi connectivity index (χ4v) is 1.99. The molecule has 2 N–H and O–H groups in total. The van der Waals surface area contributed by atoms with Crippen molar-refractivity contribution < 1.29 is 19.1 Å². The number of ether oxygens (including phenoxy) is 1. The summed E-state index contributed by atoms with van der Waals surface area (Å²) in [6, 6.07) is 5.95. The van der Waals surface area contributed by atoms with Crippen LogP contribution in [0.1, 0.15) is 27.8 Å². The number of hydrogen-bond acceptors (Lipinski definition) is 4. The molecule has 2 rings (SSSR count). The molecule has 0 bridgehead atoms. The molecule has 1 aromatic heterocycles. The predicted molar refractivity (Wildman–Crippen MR) is 86.2 cm³/mol. The van der Waals surface area contributed by atoms with Gasteiger partial charge in [0, 0.05) is 17.4 Å². The smallest absolute Gasteiger partial charge is 0.355 e. The van der Waals surface area contributed by atoms with E-state index < -0.39 is 18.5 Å². The van der Waals surface area contributed by atoms with Crippen molar-refractivity contribution >= 4 is 46.5 Å². The number of benzene rings is 1. The fraction of sp³-hybridized carbons (Fsp3) is 0.133. The number of nitrogens with one attached hydrogen (secondary N) is 2. The molecule has 0 saturated carbocycles. The van der Waals surface area contributed by atoms with Crippen molar-refractivity contribution in [3.63, 3.8) is 0 Å². The molecule has 0 spiro atoms. The first-order chi connectivity index (χ1) is 10.9. The summed E-state index contributed by atoms with van der Waals surface area (Å²) >= 11 is 11.6. The van der Waals surface area contributed by atoms with E-state index in [2.05, 4.69) is 10.3 Å². The first-order valence-corrected chi connectivity index (χ1v) is 7.24. The lowest BCUT2D eigenvalue weighted by atomic mass is 10.2. The first kappa shape index (κ1) is 17.1. The molecule has 1 heterocycles. The molecule has 0 unspecified atom stereocenters. The molecule has 0 radical (unpaired) electrons. The van der Waals surface area contributed by atoms with Gasteiger partial charge in [-0.1, -0.05) is 23.2 Å². The summed E-state index contributed by atoms with van der Waals surface area (Å²) in [5.41, 5.74) is 0.883. The van der Waals surface area contributed by atoms with Gasteiger partial charge in [-0.25, -0.2) is 4.79 Å². The van der Waals surface area contributed by atoms with Gasteiger partial charge in [0.2, 0.25) is 0 Å². The molecule has 23 heavy (non-hydrogen) atoms. The van der Waals surface area contributed by atoms with Crippen LogP contribution in [0.4, 0.5) is 5.69 Å². The van der Waals surface area contributed by atoms with E-state index in [9.17, 15) is 14.4 Å². The number of carbonyl (C=O) groups is 3. The van der Waals surface area contributed by atoms with E-state index in [1.54, 1.807) is 6.07 Å². The monoisotopic (exact) mass is 354 g/mol. The molecule has 8 heteroatoms. The van der Waals surface area contributed by atoms with Crippen LogP contribution in [-0.2, 0) is 9.53 Å². The first-order valence-electron chi connectivity index (χ1n) is 6.48. The molecular weight excluding hydrogens is 343 g/mol. The van der Waals surface area contributed by atoms with Gasteiger partial charge >= 0.3 is 5.97 Å². The van der Waals surface area contributed by atoms with Crippen LogP contribution in [0.15, 0.2) is 30.5 Å². The number of amides is 1. The predicted octanol–water partition coefficient (Wildman–Crippen LogP) is 3.32. The zero-order valence-corrected chi connectivity index (χ0v) is 13.5. The van der Waals surface area contributed by atoms with Gasteiger partial charge in [0.25, 0.3) is 5.91 Å². The van der Waals surface area contributed by atoms with Crippen molar-refractivity contribution in [2.45, 2.75) is 6.92 Å². The number of esters is 1. The topological polar surface area (TPSA) is 88.3 Å². The van der Waals surface area contributed by atoms with Crippen molar-refractivity contribution in [2.75, 3.05) is 11.9 Å². The van der Waals surface area contributed by atoms with Crippen molar-refractivity contribution in [3.05, 3.63) is 51.8 Å². The van der Waals surface area contributed by atoms with E-state index in [1.807, 2.05) is 0 Å². The molecule has 0 aliphatic rings. The van der Waals surface area contributed by atoms with E-state index in [4.69, 9.17) is 27.9 Å². The maximum atomic E-state index is 11.8. The number of Topliss-reactive ketones (excluding diaryl/α,β-unsaturated/α-hetero) is 1. The van der Waals surface area contributed by atoms with Crippen LogP contribution in [0.5, 0.6) is 0 Å². The highest BCUT2D eigenvalue weighted by molar-refractivity contribution is 6.42. The third kappa shape index (κ3) is 4.58. The van der Waals surface area contributed by atoms with Crippen molar-refractivity contribution in [3.8, 4) is 0 Å². The molecular formula is C15H12Cl2N2O4. The normalized spacial score (nSPS) is 10.2. The summed E-state index contributed by atoms with van der Waals surface area (Å²) in [4.78, 5) is 37.2. The minimum absolute atomic E-state index is 0.0949. The quantitative estimate of drug-likeness (QED) is 0.636. The lowest BCUT2D eigenvalue weighted by Crippen LogP contribution is -2.21. The number of H-pyrrole nitrogens is 1. The Kier molecular flexibility index (Phi) is 5.41. The van der Waals surface area contributed by atoms with Gasteiger partial charge in [0.1, 0.15) is 5.69 Å². The number of aromatic nitrogens is 1. The number of carbonyl (C=O) groups excluding carboxylic acids is 3. The van der Waals surface area contributed by atoms with Crippen LogP contribution in [-0.4, -0.2) is 29.3 Å². The van der Waals surface area contributed by atoms with E-state index in [-0.39, 0.29) is 11.5 Å². The van der Waals surface area contributed by atoms with Gasteiger partial charge in [-0.3, -0.25) is 9.59 Å². The van der Waals surface area contributed by atoms with E-state index in [0.29, 0.717) is 21.3 Å². The number of rotatable bonds is 5. The van der Waals surface area contributed by atoms with Crippen molar-refractivity contribution in [1.82, 2.24) is 4.98 Å². The zero-order valence-electron chi connectivity index (χ0n) is 12.0. The highest BCUT2D eigenvalue weighted by Gasteiger charge is 2.14. The molecule has 0 aliphatic heterocycles. The number of halogens is 2. The Hall–Kier alpha value is -2.31. The highest BCUT2D eigenvalue weighted by atomic mass is 35.5. The molecule has 0 saturated heterocycles. The highest BCUT2D eigenvalue weighted by Crippen LogP contribution is 2.24. The van der Waals surface area contributed by atoms with Crippen LogP contribution in [0.3, 0.4) is 0 Å². The molecule has 120 valence electrons. The molecule has 0 atom stereocenters. The molecule has 1 amide bonds. The number of hydrogen-bond donors (Lipinski definition) is 2. The van der Waals surface area contributed by atoms with Crippen molar-refractivity contribution in [2.24, 2.45) is 0 Å². The van der Waals surface area contributed by atoms with Gasteiger partial charge < -0.3 is 15.0 Å². The summed E-state index contributed by atoms with van der Waals surface area (Å²) in [6.45, 7) is 0.899. The summed E-state index contributed by atoms with van der Waals surface area (Å²) in [6.07, 6.45) is 1.40. The molecule has 2 aromatic rings. The van der Waals surface area contributed by atoms with E-state index in [0.717, 1.165) is 0 Å². The SMILES string of the molecule is CC(=O)c1c[nH]c(C(=O)OCC(=O)Nc2ccc(Cl)c(Cl)c2)c1. The minimum Gasteiger partial charge on any atom is -0.451 e. The van der Waals surface area contributed by atoms with Crippen LogP contribution >= 0.6 is 23.2 Å². The second kappa shape index (κ2) is 7.30. The third-order valence-electron chi connectivity index (χ3n) is 2.85. The minimum atomic E-state index is -0.734. The summed E-state index contributed by atoms with van der Waals surface area (Å²) in [7, 11) is 0. The Morgan fingerprint density at radius 1 is 1.17 bits per heavy atom. The summed E-state index contributed by atoms with van der Waals surface area (Å²) in [5.74, 6) is -1.45.